The van der Waals surface area contributed by atoms with Crippen LogP contribution in [0.1, 0.15) is 21.1 Å². The molecule has 1 aromatic carbocycles. The first-order valence-corrected chi connectivity index (χ1v) is 8.78. The minimum Gasteiger partial charge on any atom is -0.468 e. The van der Waals surface area contributed by atoms with E-state index < -0.39 is 5.97 Å². The summed E-state index contributed by atoms with van der Waals surface area (Å²) in [6.07, 6.45) is 0.768. The summed E-state index contributed by atoms with van der Waals surface area (Å²) in [4.78, 5) is 39.1. The van der Waals surface area contributed by atoms with E-state index in [1.54, 1.807) is 29.6 Å². The topological polar surface area (TPSA) is 123 Å². The highest BCUT2D eigenvalue weighted by atomic mass is 32.1. The predicted octanol–water partition coefficient (Wildman–Crippen LogP) is 0.728. The molecular formula is C17H20N4O4S. The average Bonchev–Trinajstić information content (AvgIpc) is 3.10. The smallest absolute Gasteiger partial charge is 0.325 e. The second-order valence-corrected chi connectivity index (χ2v) is 6.29. The van der Waals surface area contributed by atoms with Crippen molar-refractivity contribution < 1.29 is 19.1 Å². The third-order valence-electron chi connectivity index (χ3n) is 3.38. The number of carbonyl (C=O) groups excluding carboxylic acids is 3. The van der Waals surface area contributed by atoms with E-state index in [0.29, 0.717) is 24.3 Å². The van der Waals surface area contributed by atoms with Crippen molar-refractivity contribution >= 4 is 34.8 Å². The minimum absolute atomic E-state index is 0.125. The Morgan fingerprint density at radius 3 is 2.62 bits per heavy atom. The van der Waals surface area contributed by atoms with Crippen LogP contribution >= 0.6 is 11.3 Å². The van der Waals surface area contributed by atoms with Crippen LogP contribution in [-0.2, 0) is 27.2 Å². The van der Waals surface area contributed by atoms with Crippen molar-refractivity contribution in [1.82, 2.24) is 10.3 Å². The number of methoxy groups -OCH3 is 1. The van der Waals surface area contributed by atoms with Gasteiger partial charge in [0.2, 0.25) is 5.91 Å². The third-order valence-corrected chi connectivity index (χ3v) is 4.29. The molecule has 2 rings (SSSR count). The molecule has 0 aliphatic rings. The van der Waals surface area contributed by atoms with Crippen molar-refractivity contribution in [2.24, 2.45) is 5.73 Å². The van der Waals surface area contributed by atoms with Crippen molar-refractivity contribution in [3.8, 4) is 0 Å². The van der Waals surface area contributed by atoms with E-state index in [1.165, 1.54) is 18.4 Å². The predicted molar refractivity (Wildman–Crippen MR) is 98.0 cm³/mol. The lowest BCUT2D eigenvalue weighted by molar-refractivity contribution is -0.141. The summed E-state index contributed by atoms with van der Waals surface area (Å²) >= 11 is 1.40. The highest BCUT2D eigenvalue weighted by molar-refractivity contribution is 7.09. The molecule has 0 atom stereocenters. The summed E-state index contributed by atoms with van der Waals surface area (Å²) in [6.45, 7) is 0.326. The summed E-state index contributed by atoms with van der Waals surface area (Å²) in [7, 11) is 1.26. The Hall–Kier alpha value is -2.78. The van der Waals surface area contributed by atoms with Crippen molar-refractivity contribution in [3.05, 3.63) is 45.9 Å². The number of benzene rings is 1. The van der Waals surface area contributed by atoms with E-state index in [4.69, 9.17) is 5.73 Å². The van der Waals surface area contributed by atoms with Crippen molar-refractivity contribution in [2.75, 3.05) is 25.5 Å². The second-order valence-electron chi connectivity index (χ2n) is 5.35. The number of nitrogens with one attached hydrogen (secondary N) is 2. The third kappa shape index (κ3) is 5.94. The van der Waals surface area contributed by atoms with Gasteiger partial charge in [0.15, 0.2) is 0 Å². The van der Waals surface area contributed by atoms with Gasteiger partial charge in [-0.3, -0.25) is 14.4 Å². The van der Waals surface area contributed by atoms with E-state index in [2.05, 4.69) is 20.4 Å². The van der Waals surface area contributed by atoms with Crippen LogP contribution in [0.2, 0.25) is 0 Å². The van der Waals surface area contributed by atoms with Crippen LogP contribution in [0, 0.1) is 0 Å². The fourth-order valence-electron chi connectivity index (χ4n) is 2.05. The van der Waals surface area contributed by atoms with Crippen LogP contribution in [0.25, 0.3) is 0 Å². The van der Waals surface area contributed by atoms with Crippen molar-refractivity contribution in [2.45, 2.75) is 12.8 Å². The van der Waals surface area contributed by atoms with E-state index >= 15 is 0 Å². The molecule has 2 amide bonds. The molecule has 0 bridgehead atoms. The molecular weight excluding hydrogens is 356 g/mol. The molecule has 0 aliphatic carbocycles. The number of anilines is 1. The molecule has 138 valence electrons. The van der Waals surface area contributed by atoms with Gasteiger partial charge in [0.05, 0.1) is 18.5 Å². The van der Waals surface area contributed by atoms with Gasteiger partial charge in [-0.25, -0.2) is 4.98 Å². The van der Waals surface area contributed by atoms with Crippen LogP contribution in [-0.4, -0.2) is 43.0 Å². The number of esters is 1. The maximum atomic E-state index is 12.2. The zero-order valence-corrected chi connectivity index (χ0v) is 15.1. The Labute approximate surface area is 154 Å². The largest absolute Gasteiger partial charge is 0.468 e. The lowest BCUT2D eigenvalue weighted by Crippen LogP contribution is -2.31. The molecule has 0 saturated heterocycles. The fraction of sp³-hybridized carbons (Fsp3) is 0.294. The van der Waals surface area contributed by atoms with Gasteiger partial charge >= 0.3 is 5.97 Å². The average molecular weight is 376 g/mol. The minimum atomic E-state index is -0.506. The molecule has 1 heterocycles. The lowest BCUT2D eigenvalue weighted by Gasteiger charge is -2.06. The standard InChI is InChI=1S/C17H20N4O4S/c1-25-16(23)9-19-14(22)8-11-2-4-12(5-3-11)20-17(24)13-10-26-15(21-13)6-7-18/h2-5,10H,6-9,18H2,1H3,(H,19,22)(H,20,24). The number of nitrogens with zero attached hydrogens (tertiary/aromatic N) is 1. The summed E-state index contributed by atoms with van der Waals surface area (Å²) in [6, 6.07) is 6.87. The van der Waals surface area contributed by atoms with Crippen LogP contribution < -0.4 is 16.4 Å². The van der Waals surface area contributed by atoms with E-state index in [0.717, 1.165) is 10.6 Å². The van der Waals surface area contributed by atoms with Gasteiger partial charge in [0.25, 0.3) is 5.91 Å². The molecule has 0 fully saturated rings. The Morgan fingerprint density at radius 2 is 1.96 bits per heavy atom. The zero-order valence-electron chi connectivity index (χ0n) is 14.3. The molecule has 0 aliphatic heterocycles. The SMILES string of the molecule is COC(=O)CNC(=O)Cc1ccc(NC(=O)c2csc(CCN)n2)cc1. The monoisotopic (exact) mass is 376 g/mol. The Balaban J connectivity index is 1.87. The maximum absolute atomic E-state index is 12.2. The maximum Gasteiger partial charge on any atom is 0.325 e. The van der Waals surface area contributed by atoms with Crippen molar-refractivity contribution in [1.29, 1.82) is 0 Å². The zero-order chi connectivity index (χ0) is 18.9. The van der Waals surface area contributed by atoms with Crippen LogP contribution in [0.4, 0.5) is 5.69 Å². The van der Waals surface area contributed by atoms with Gasteiger partial charge in [-0.1, -0.05) is 12.1 Å². The lowest BCUT2D eigenvalue weighted by atomic mass is 10.1. The normalized spacial score (nSPS) is 10.2. The number of aromatic nitrogens is 1. The number of thiazole rings is 1. The number of rotatable bonds is 8. The number of ether oxygens (including phenoxy) is 1. The van der Waals surface area contributed by atoms with Crippen LogP contribution in [0.5, 0.6) is 0 Å². The quantitative estimate of drug-likeness (QED) is 0.584. The van der Waals surface area contributed by atoms with E-state index in [1.807, 2.05) is 0 Å². The number of carbonyl (C=O) groups is 3. The number of hydrogen-bond acceptors (Lipinski definition) is 7. The molecule has 1 aromatic heterocycles. The highest BCUT2D eigenvalue weighted by Gasteiger charge is 2.11. The Bertz CT molecular complexity index is 773. The molecule has 4 N–H and O–H groups in total. The summed E-state index contributed by atoms with van der Waals surface area (Å²) in [5.74, 6) is -1.09. The molecule has 9 heteroatoms. The first-order chi connectivity index (χ1) is 12.5. The second kappa shape index (κ2) is 9.64. The van der Waals surface area contributed by atoms with E-state index in [-0.39, 0.29) is 24.8 Å². The van der Waals surface area contributed by atoms with Gasteiger partial charge in [0.1, 0.15) is 12.2 Å². The van der Waals surface area contributed by atoms with Gasteiger partial charge in [-0.15, -0.1) is 11.3 Å². The number of nitrogens with two attached hydrogens (primary N) is 1. The van der Waals surface area contributed by atoms with Crippen LogP contribution in [0.3, 0.4) is 0 Å². The molecule has 0 unspecified atom stereocenters. The van der Waals surface area contributed by atoms with Gasteiger partial charge < -0.3 is 21.1 Å². The number of amides is 2. The molecule has 0 saturated carbocycles. The summed E-state index contributed by atoms with van der Waals surface area (Å²) < 4.78 is 4.45. The molecule has 2 aromatic rings. The van der Waals surface area contributed by atoms with Crippen LogP contribution in [0.15, 0.2) is 29.6 Å². The summed E-state index contributed by atoms with van der Waals surface area (Å²) in [5, 5.41) is 7.74. The highest BCUT2D eigenvalue weighted by Crippen LogP contribution is 2.14. The Kier molecular flexibility index (Phi) is 7.24. The number of hydrogen-bond donors (Lipinski definition) is 3. The van der Waals surface area contributed by atoms with Gasteiger partial charge in [-0.2, -0.15) is 0 Å². The Morgan fingerprint density at radius 1 is 1.23 bits per heavy atom. The van der Waals surface area contributed by atoms with Crippen molar-refractivity contribution in [3.63, 3.8) is 0 Å². The van der Waals surface area contributed by atoms with Gasteiger partial charge in [-0.05, 0) is 24.2 Å². The fourth-order valence-corrected chi connectivity index (χ4v) is 2.84. The molecule has 8 nitrogen and oxygen atoms in total. The van der Waals surface area contributed by atoms with E-state index in [9.17, 15) is 14.4 Å². The first kappa shape index (κ1) is 19.5. The van der Waals surface area contributed by atoms with Gasteiger partial charge in [0, 0.05) is 17.5 Å². The molecule has 26 heavy (non-hydrogen) atoms. The molecule has 0 spiro atoms. The first-order valence-electron chi connectivity index (χ1n) is 7.90. The summed E-state index contributed by atoms with van der Waals surface area (Å²) in [5.41, 5.74) is 7.18. The molecule has 0 radical (unpaired) electrons.